The fourth-order valence-corrected chi connectivity index (χ4v) is 2.45. The van der Waals surface area contributed by atoms with E-state index in [1.165, 1.54) is 0 Å². The lowest BCUT2D eigenvalue weighted by Crippen LogP contribution is -2.39. The molecule has 0 aliphatic carbocycles. The van der Waals surface area contributed by atoms with Crippen LogP contribution < -0.4 is 15.4 Å². The first kappa shape index (κ1) is 12.7. The lowest BCUT2D eigenvalue weighted by molar-refractivity contribution is 0.164. The number of pyridine rings is 2. The van der Waals surface area contributed by atoms with Crippen LogP contribution >= 0.6 is 0 Å². The van der Waals surface area contributed by atoms with Crippen LogP contribution in [0.15, 0.2) is 42.7 Å². The van der Waals surface area contributed by atoms with Crippen LogP contribution in [0.3, 0.4) is 0 Å². The van der Waals surface area contributed by atoms with Gasteiger partial charge < -0.3 is 15.4 Å². The van der Waals surface area contributed by atoms with Crippen LogP contribution in [0.4, 0.5) is 11.5 Å². The Balaban J connectivity index is 1.59. The first-order chi connectivity index (χ1) is 9.83. The molecule has 2 N–H and O–H groups in total. The van der Waals surface area contributed by atoms with Crippen LogP contribution in [0.25, 0.3) is 0 Å². The van der Waals surface area contributed by atoms with Crippen molar-refractivity contribution in [2.24, 2.45) is 0 Å². The minimum absolute atomic E-state index is 0.214. The summed E-state index contributed by atoms with van der Waals surface area (Å²) in [5.41, 5.74) is 6.70. The predicted molar refractivity (Wildman–Crippen MR) is 78.7 cm³/mol. The summed E-state index contributed by atoms with van der Waals surface area (Å²) in [6.07, 6.45) is 5.64. The molecule has 5 nitrogen and oxygen atoms in total. The number of nitrogen functional groups attached to an aromatic ring is 1. The summed E-state index contributed by atoms with van der Waals surface area (Å²) >= 11 is 0. The monoisotopic (exact) mass is 270 g/mol. The largest absolute Gasteiger partial charge is 0.474 e. The van der Waals surface area contributed by atoms with E-state index in [4.69, 9.17) is 10.5 Å². The maximum absolute atomic E-state index is 5.96. The fourth-order valence-electron chi connectivity index (χ4n) is 2.45. The van der Waals surface area contributed by atoms with Gasteiger partial charge in [0.2, 0.25) is 5.88 Å². The molecule has 20 heavy (non-hydrogen) atoms. The fraction of sp³-hybridized carbons (Fsp3) is 0.333. The Labute approximate surface area is 118 Å². The molecule has 0 bridgehead atoms. The number of piperidine rings is 1. The molecule has 0 atom stereocenters. The van der Waals surface area contributed by atoms with Crippen molar-refractivity contribution in [1.82, 2.24) is 9.97 Å². The summed E-state index contributed by atoms with van der Waals surface area (Å²) in [5, 5.41) is 0. The SMILES string of the molecule is Nc1cccnc1N1CCC(Oc2ccccn2)CC1. The van der Waals surface area contributed by atoms with Crippen molar-refractivity contribution in [2.45, 2.75) is 18.9 Å². The van der Waals surface area contributed by atoms with Crippen LogP contribution in [0.2, 0.25) is 0 Å². The van der Waals surface area contributed by atoms with Gasteiger partial charge in [0.1, 0.15) is 6.10 Å². The average molecular weight is 270 g/mol. The van der Waals surface area contributed by atoms with Crippen molar-refractivity contribution in [3.05, 3.63) is 42.7 Å². The Morgan fingerprint density at radius 3 is 2.55 bits per heavy atom. The summed E-state index contributed by atoms with van der Waals surface area (Å²) < 4.78 is 5.88. The maximum Gasteiger partial charge on any atom is 0.213 e. The number of nitrogens with zero attached hydrogens (tertiary/aromatic N) is 3. The molecule has 1 aliphatic heterocycles. The van der Waals surface area contributed by atoms with Gasteiger partial charge in [-0.2, -0.15) is 0 Å². The number of ether oxygens (including phenoxy) is 1. The number of anilines is 2. The molecule has 3 rings (SSSR count). The number of hydrogen-bond donors (Lipinski definition) is 1. The van der Waals surface area contributed by atoms with Gasteiger partial charge >= 0.3 is 0 Å². The summed E-state index contributed by atoms with van der Waals surface area (Å²) in [5.74, 6) is 1.58. The van der Waals surface area contributed by atoms with Crippen molar-refractivity contribution >= 4 is 11.5 Å². The molecule has 2 aromatic heterocycles. The highest BCUT2D eigenvalue weighted by Crippen LogP contribution is 2.24. The van der Waals surface area contributed by atoms with E-state index in [0.29, 0.717) is 5.88 Å². The van der Waals surface area contributed by atoms with Crippen molar-refractivity contribution in [2.75, 3.05) is 23.7 Å². The maximum atomic E-state index is 5.96. The van der Waals surface area contributed by atoms with Crippen LogP contribution in [0.1, 0.15) is 12.8 Å². The zero-order chi connectivity index (χ0) is 13.8. The summed E-state index contributed by atoms with van der Waals surface area (Å²) in [6.45, 7) is 1.80. The normalized spacial score (nSPS) is 16.1. The molecule has 0 amide bonds. The molecule has 1 aliphatic rings. The number of nitrogens with two attached hydrogens (primary N) is 1. The molecule has 0 aromatic carbocycles. The highest BCUT2D eigenvalue weighted by Gasteiger charge is 2.22. The molecule has 0 radical (unpaired) electrons. The second kappa shape index (κ2) is 5.77. The first-order valence-corrected chi connectivity index (χ1v) is 6.86. The molecule has 2 aromatic rings. The summed E-state index contributed by atoms with van der Waals surface area (Å²) in [7, 11) is 0. The first-order valence-electron chi connectivity index (χ1n) is 6.86. The van der Waals surface area contributed by atoms with Crippen LogP contribution in [-0.4, -0.2) is 29.2 Å². The van der Waals surface area contributed by atoms with Crippen LogP contribution in [-0.2, 0) is 0 Å². The van der Waals surface area contributed by atoms with Crippen molar-refractivity contribution in [1.29, 1.82) is 0 Å². The quantitative estimate of drug-likeness (QED) is 0.925. The second-order valence-electron chi connectivity index (χ2n) is 4.89. The summed E-state index contributed by atoms with van der Waals surface area (Å²) in [4.78, 5) is 10.8. The highest BCUT2D eigenvalue weighted by atomic mass is 16.5. The Hall–Kier alpha value is -2.30. The molecule has 0 spiro atoms. The molecular formula is C15H18N4O. The van der Waals surface area contributed by atoms with E-state index in [2.05, 4.69) is 14.9 Å². The van der Waals surface area contributed by atoms with Gasteiger partial charge in [0.05, 0.1) is 5.69 Å². The van der Waals surface area contributed by atoms with Crippen LogP contribution in [0.5, 0.6) is 5.88 Å². The van der Waals surface area contributed by atoms with Crippen molar-refractivity contribution < 1.29 is 4.74 Å². The molecule has 3 heterocycles. The average Bonchev–Trinajstić information content (AvgIpc) is 2.50. The molecular weight excluding hydrogens is 252 g/mol. The topological polar surface area (TPSA) is 64.3 Å². The number of hydrogen-bond acceptors (Lipinski definition) is 5. The van der Waals surface area contributed by atoms with Gasteiger partial charge in [-0.15, -0.1) is 0 Å². The van der Waals surface area contributed by atoms with Gasteiger partial charge in [0.15, 0.2) is 5.82 Å². The second-order valence-corrected chi connectivity index (χ2v) is 4.89. The Kier molecular flexibility index (Phi) is 3.67. The number of aromatic nitrogens is 2. The molecule has 1 fully saturated rings. The Morgan fingerprint density at radius 1 is 1.05 bits per heavy atom. The molecule has 5 heteroatoms. The third kappa shape index (κ3) is 2.82. The van der Waals surface area contributed by atoms with Gasteiger partial charge in [-0.25, -0.2) is 9.97 Å². The third-order valence-corrected chi connectivity index (χ3v) is 3.48. The van der Waals surface area contributed by atoms with E-state index >= 15 is 0 Å². The predicted octanol–water partition coefficient (Wildman–Crippen LogP) is 2.11. The molecule has 1 saturated heterocycles. The van der Waals surface area contributed by atoms with Crippen molar-refractivity contribution in [3.63, 3.8) is 0 Å². The summed E-state index contributed by atoms with van der Waals surface area (Å²) in [6, 6.07) is 9.46. The smallest absolute Gasteiger partial charge is 0.213 e. The van der Waals surface area contributed by atoms with Crippen molar-refractivity contribution in [3.8, 4) is 5.88 Å². The van der Waals surface area contributed by atoms with E-state index in [9.17, 15) is 0 Å². The van der Waals surface area contributed by atoms with Gasteiger partial charge in [-0.3, -0.25) is 0 Å². The molecule has 0 unspecified atom stereocenters. The van der Waals surface area contributed by atoms with E-state index in [1.54, 1.807) is 12.4 Å². The van der Waals surface area contributed by atoms with Gasteiger partial charge in [-0.05, 0) is 18.2 Å². The minimum atomic E-state index is 0.214. The molecule has 0 saturated carbocycles. The lowest BCUT2D eigenvalue weighted by Gasteiger charge is -2.33. The Morgan fingerprint density at radius 2 is 1.85 bits per heavy atom. The van der Waals surface area contributed by atoms with E-state index in [0.717, 1.165) is 37.4 Å². The van der Waals surface area contributed by atoms with Gasteiger partial charge in [-0.1, -0.05) is 6.07 Å². The van der Waals surface area contributed by atoms with Crippen LogP contribution in [0, 0.1) is 0 Å². The van der Waals surface area contributed by atoms with Gasteiger partial charge in [0, 0.05) is 44.4 Å². The van der Waals surface area contributed by atoms with E-state index in [1.807, 2.05) is 30.3 Å². The third-order valence-electron chi connectivity index (χ3n) is 3.48. The Bertz CT molecular complexity index is 553. The lowest BCUT2D eigenvalue weighted by atomic mass is 10.1. The van der Waals surface area contributed by atoms with Gasteiger partial charge in [0.25, 0.3) is 0 Å². The standard InChI is InChI=1S/C15H18N4O/c16-13-4-3-9-18-15(13)19-10-6-12(7-11-19)20-14-5-1-2-8-17-14/h1-5,8-9,12H,6-7,10-11,16H2. The zero-order valence-corrected chi connectivity index (χ0v) is 11.3. The minimum Gasteiger partial charge on any atom is -0.474 e. The highest BCUT2D eigenvalue weighted by molar-refractivity contribution is 5.62. The van der Waals surface area contributed by atoms with E-state index < -0.39 is 0 Å². The van der Waals surface area contributed by atoms with E-state index in [-0.39, 0.29) is 6.10 Å². The molecule has 104 valence electrons. The zero-order valence-electron chi connectivity index (χ0n) is 11.3. The number of rotatable bonds is 3.